The summed E-state index contributed by atoms with van der Waals surface area (Å²) in [5.74, 6) is 0.970. The maximum atomic E-state index is 5.87. The summed E-state index contributed by atoms with van der Waals surface area (Å²) in [5.41, 5.74) is 2.46. The first-order chi connectivity index (χ1) is 8.69. The van der Waals surface area contributed by atoms with Crippen LogP contribution in [0.25, 0.3) is 0 Å². The molecule has 0 radical (unpaired) electrons. The van der Waals surface area contributed by atoms with Gasteiger partial charge in [-0.25, -0.2) is 0 Å². The second-order valence-electron chi connectivity index (χ2n) is 4.97. The molecule has 1 aliphatic heterocycles. The molecule has 1 aromatic carbocycles. The Balaban J connectivity index is 1.87. The fourth-order valence-electron chi connectivity index (χ4n) is 2.31. The fourth-order valence-corrected chi connectivity index (χ4v) is 2.31. The molecule has 0 saturated carbocycles. The molecule has 0 aromatic heterocycles. The zero-order valence-corrected chi connectivity index (χ0v) is 11.6. The van der Waals surface area contributed by atoms with Crippen LogP contribution in [-0.2, 0) is 4.74 Å². The van der Waals surface area contributed by atoms with Gasteiger partial charge in [-0.3, -0.25) is 4.90 Å². The van der Waals surface area contributed by atoms with Crippen LogP contribution >= 0.6 is 0 Å². The van der Waals surface area contributed by atoms with Crippen molar-refractivity contribution in [2.45, 2.75) is 26.9 Å². The lowest BCUT2D eigenvalue weighted by atomic mass is 10.1. The zero-order valence-electron chi connectivity index (χ0n) is 11.6. The number of ether oxygens (including phenoxy) is 2. The van der Waals surface area contributed by atoms with Crippen LogP contribution in [0, 0.1) is 13.8 Å². The van der Waals surface area contributed by atoms with E-state index < -0.39 is 0 Å². The summed E-state index contributed by atoms with van der Waals surface area (Å²) >= 11 is 0. The van der Waals surface area contributed by atoms with Crippen LogP contribution in [0.3, 0.4) is 0 Å². The second kappa shape index (κ2) is 6.21. The number of hydrogen-bond acceptors (Lipinski definition) is 3. The van der Waals surface area contributed by atoms with Gasteiger partial charge in [0.25, 0.3) is 0 Å². The van der Waals surface area contributed by atoms with Gasteiger partial charge in [0.1, 0.15) is 18.5 Å². The number of aryl methyl sites for hydroxylation is 2. The smallest absolute Gasteiger partial charge is 0.122 e. The molecule has 1 aliphatic rings. The third kappa shape index (κ3) is 3.47. The Hall–Kier alpha value is -1.06. The van der Waals surface area contributed by atoms with Crippen LogP contribution in [0.15, 0.2) is 18.2 Å². The minimum Gasteiger partial charge on any atom is -0.491 e. The number of morpholine rings is 1. The molecule has 2 rings (SSSR count). The maximum absolute atomic E-state index is 5.87. The molecule has 3 heteroatoms. The van der Waals surface area contributed by atoms with E-state index in [2.05, 4.69) is 37.8 Å². The Labute approximate surface area is 110 Å². The minimum absolute atomic E-state index is 0.194. The van der Waals surface area contributed by atoms with Gasteiger partial charge in [-0.15, -0.1) is 0 Å². The van der Waals surface area contributed by atoms with Crippen LogP contribution in [0.1, 0.15) is 18.1 Å². The Kier molecular flexibility index (Phi) is 4.61. The van der Waals surface area contributed by atoms with E-state index >= 15 is 0 Å². The summed E-state index contributed by atoms with van der Waals surface area (Å²) in [5, 5.41) is 0. The topological polar surface area (TPSA) is 21.7 Å². The van der Waals surface area contributed by atoms with Crippen LogP contribution in [0.4, 0.5) is 0 Å². The first-order valence-corrected chi connectivity index (χ1v) is 6.73. The first-order valence-electron chi connectivity index (χ1n) is 6.73. The van der Waals surface area contributed by atoms with Crippen molar-refractivity contribution in [1.29, 1.82) is 0 Å². The molecule has 1 atom stereocenters. The predicted octanol–water partition coefficient (Wildman–Crippen LogP) is 2.40. The standard InChI is InChI=1S/C15H23NO2/c1-4-16-7-8-17-14(10-16)11-18-15-6-5-12(2)9-13(15)3/h5-6,9,14H,4,7-8,10-11H2,1-3H3. The molecular formula is C15H23NO2. The fraction of sp³-hybridized carbons (Fsp3) is 0.600. The number of nitrogens with zero attached hydrogens (tertiary/aromatic N) is 1. The highest BCUT2D eigenvalue weighted by molar-refractivity contribution is 5.35. The SMILES string of the molecule is CCN1CCOC(COc2ccc(C)cc2C)C1. The Morgan fingerprint density at radius 3 is 2.94 bits per heavy atom. The van der Waals surface area contributed by atoms with Gasteiger partial charge in [0.15, 0.2) is 0 Å². The van der Waals surface area contributed by atoms with Gasteiger partial charge >= 0.3 is 0 Å². The average Bonchev–Trinajstić information content (AvgIpc) is 2.38. The third-order valence-electron chi connectivity index (χ3n) is 3.43. The lowest BCUT2D eigenvalue weighted by molar-refractivity contribution is -0.0464. The average molecular weight is 249 g/mol. The van der Waals surface area contributed by atoms with Crippen molar-refractivity contribution < 1.29 is 9.47 Å². The molecule has 3 nitrogen and oxygen atoms in total. The molecule has 1 saturated heterocycles. The van der Waals surface area contributed by atoms with Gasteiger partial charge in [0.05, 0.1) is 6.61 Å². The summed E-state index contributed by atoms with van der Waals surface area (Å²) in [4.78, 5) is 2.40. The van der Waals surface area contributed by atoms with Gasteiger partial charge in [-0.05, 0) is 32.0 Å². The molecule has 0 amide bonds. The number of likely N-dealkylation sites (N-methyl/N-ethyl adjacent to an activating group) is 1. The van der Waals surface area contributed by atoms with Crippen molar-refractivity contribution in [2.24, 2.45) is 0 Å². The van der Waals surface area contributed by atoms with E-state index in [0.29, 0.717) is 6.61 Å². The normalized spacial score (nSPS) is 20.9. The Bertz CT molecular complexity index is 392. The molecule has 100 valence electrons. The molecule has 1 unspecified atom stereocenters. The van der Waals surface area contributed by atoms with Gasteiger partial charge in [0.2, 0.25) is 0 Å². The van der Waals surface area contributed by atoms with Crippen molar-refractivity contribution in [3.63, 3.8) is 0 Å². The number of hydrogen-bond donors (Lipinski definition) is 0. The van der Waals surface area contributed by atoms with E-state index in [9.17, 15) is 0 Å². The van der Waals surface area contributed by atoms with Crippen molar-refractivity contribution in [3.05, 3.63) is 29.3 Å². The highest BCUT2D eigenvalue weighted by Crippen LogP contribution is 2.19. The first kappa shape index (κ1) is 13.4. The highest BCUT2D eigenvalue weighted by Gasteiger charge is 2.19. The van der Waals surface area contributed by atoms with E-state index in [1.807, 2.05) is 6.07 Å². The summed E-state index contributed by atoms with van der Waals surface area (Å²) in [6.45, 7) is 10.9. The molecule has 0 bridgehead atoms. The third-order valence-corrected chi connectivity index (χ3v) is 3.43. The van der Waals surface area contributed by atoms with E-state index in [1.54, 1.807) is 0 Å². The number of rotatable bonds is 4. The zero-order chi connectivity index (χ0) is 13.0. The molecule has 0 N–H and O–H groups in total. The monoisotopic (exact) mass is 249 g/mol. The predicted molar refractivity (Wildman–Crippen MR) is 73.3 cm³/mol. The maximum Gasteiger partial charge on any atom is 0.122 e. The van der Waals surface area contributed by atoms with Crippen molar-refractivity contribution in [1.82, 2.24) is 4.90 Å². The molecule has 0 aliphatic carbocycles. The van der Waals surface area contributed by atoms with Crippen LogP contribution in [0.2, 0.25) is 0 Å². The largest absolute Gasteiger partial charge is 0.491 e. The Morgan fingerprint density at radius 2 is 2.22 bits per heavy atom. The molecule has 1 heterocycles. The van der Waals surface area contributed by atoms with Gasteiger partial charge in [0, 0.05) is 13.1 Å². The summed E-state index contributed by atoms with van der Waals surface area (Å²) in [7, 11) is 0. The van der Waals surface area contributed by atoms with Crippen molar-refractivity contribution >= 4 is 0 Å². The molecular weight excluding hydrogens is 226 g/mol. The van der Waals surface area contributed by atoms with E-state index in [4.69, 9.17) is 9.47 Å². The van der Waals surface area contributed by atoms with Gasteiger partial charge in [-0.1, -0.05) is 24.6 Å². The van der Waals surface area contributed by atoms with E-state index in [-0.39, 0.29) is 6.10 Å². The molecule has 1 fully saturated rings. The number of benzene rings is 1. The molecule has 1 aromatic rings. The van der Waals surface area contributed by atoms with Gasteiger partial charge < -0.3 is 9.47 Å². The Morgan fingerprint density at radius 1 is 1.39 bits per heavy atom. The lowest BCUT2D eigenvalue weighted by Gasteiger charge is -2.31. The molecule has 18 heavy (non-hydrogen) atoms. The quantitative estimate of drug-likeness (QED) is 0.818. The lowest BCUT2D eigenvalue weighted by Crippen LogP contribution is -2.44. The van der Waals surface area contributed by atoms with Crippen LogP contribution in [0.5, 0.6) is 5.75 Å². The molecule has 0 spiro atoms. The minimum atomic E-state index is 0.194. The highest BCUT2D eigenvalue weighted by atomic mass is 16.5. The second-order valence-corrected chi connectivity index (χ2v) is 4.97. The van der Waals surface area contributed by atoms with E-state index in [1.165, 1.54) is 11.1 Å². The van der Waals surface area contributed by atoms with Crippen molar-refractivity contribution in [2.75, 3.05) is 32.8 Å². The van der Waals surface area contributed by atoms with Gasteiger partial charge in [-0.2, -0.15) is 0 Å². The summed E-state index contributed by atoms with van der Waals surface area (Å²) in [6.07, 6.45) is 0.194. The van der Waals surface area contributed by atoms with Crippen molar-refractivity contribution in [3.8, 4) is 5.75 Å². The summed E-state index contributed by atoms with van der Waals surface area (Å²) < 4.78 is 11.6. The van der Waals surface area contributed by atoms with E-state index in [0.717, 1.165) is 32.0 Å². The van der Waals surface area contributed by atoms with Crippen LogP contribution in [-0.4, -0.2) is 43.9 Å². The van der Waals surface area contributed by atoms with Crippen LogP contribution < -0.4 is 4.74 Å². The summed E-state index contributed by atoms with van der Waals surface area (Å²) in [6, 6.07) is 6.28.